The lowest BCUT2D eigenvalue weighted by Gasteiger charge is -2.14. The second-order valence-corrected chi connectivity index (χ2v) is 4.07. The molecule has 1 atom stereocenters. The Kier molecular flexibility index (Phi) is 3.75. The lowest BCUT2D eigenvalue weighted by atomic mass is 10.1. The van der Waals surface area contributed by atoms with Crippen LogP contribution >= 0.6 is 0 Å². The molecule has 2 aromatic carbocycles. The minimum atomic E-state index is -0.472. The van der Waals surface area contributed by atoms with E-state index in [1.807, 2.05) is 0 Å². The lowest BCUT2D eigenvalue weighted by molar-refractivity contribution is -0.384. The first-order valence-electron chi connectivity index (χ1n) is 5.73. The number of ether oxygens (including phenoxy) is 1. The number of hydrogen-bond acceptors (Lipinski definition) is 3. The maximum absolute atomic E-state index is 13.1. The van der Waals surface area contributed by atoms with Crippen molar-refractivity contribution < 1.29 is 14.1 Å². The van der Waals surface area contributed by atoms with Crippen molar-refractivity contribution in [2.45, 2.75) is 13.0 Å². The van der Waals surface area contributed by atoms with Gasteiger partial charge in [-0.1, -0.05) is 12.1 Å². The number of nitro groups is 1. The summed E-state index contributed by atoms with van der Waals surface area (Å²) in [6.45, 7) is 1.79. The molecule has 4 nitrogen and oxygen atoms in total. The summed E-state index contributed by atoms with van der Waals surface area (Å²) in [4.78, 5) is 10.0. The van der Waals surface area contributed by atoms with Gasteiger partial charge in [0.05, 0.1) is 4.92 Å². The Hall–Kier alpha value is -2.43. The van der Waals surface area contributed by atoms with Crippen LogP contribution in [-0.4, -0.2) is 4.92 Å². The van der Waals surface area contributed by atoms with Gasteiger partial charge >= 0.3 is 0 Å². The second-order valence-electron chi connectivity index (χ2n) is 4.07. The number of rotatable bonds is 4. The molecule has 0 fully saturated rings. The molecule has 0 aromatic heterocycles. The van der Waals surface area contributed by atoms with Crippen molar-refractivity contribution in [1.29, 1.82) is 0 Å². The topological polar surface area (TPSA) is 52.4 Å². The highest BCUT2D eigenvalue weighted by Crippen LogP contribution is 2.24. The van der Waals surface area contributed by atoms with Crippen LogP contribution in [0.1, 0.15) is 18.6 Å². The number of halogens is 1. The van der Waals surface area contributed by atoms with E-state index in [1.54, 1.807) is 19.1 Å². The number of nitrogens with zero attached hydrogens (tertiary/aromatic N) is 1. The van der Waals surface area contributed by atoms with Gasteiger partial charge in [-0.2, -0.15) is 0 Å². The predicted octanol–water partition coefficient (Wildman–Crippen LogP) is 3.87. The fourth-order valence-electron chi connectivity index (χ4n) is 1.68. The first-order chi connectivity index (χ1) is 9.06. The van der Waals surface area contributed by atoms with Crippen molar-refractivity contribution >= 4 is 5.69 Å². The van der Waals surface area contributed by atoms with Crippen LogP contribution in [0.5, 0.6) is 5.75 Å². The molecular formula is C14H12FNO3. The molecule has 0 saturated heterocycles. The van der Waals surface area contributed by atoms with Crippen LogP contribution in [0.2, 0.25) is 0 Å². The van der Waals surface area contributed by atoms with E-state index < -0.39 is 4.92 Å². The van der Waals surface area contributed by atoms with Gasteiger partial charge < -0.3 is 4.74 Å². The summed E-state index contributed by atoms with van der Waals surface area (Å²) in [6, 6.07) is 11.9. The molecule has 0 aliphatic heterocycles. The van der Waals surface area contributed by atoms with Crippen molar-refractivity contribution in [3.05, 3.63) is 70.0 Å². The van der Waals surface area contributed by atoms with Crippen LogP contribution in [0, 0.1) is 15.9 Å². The Morgan fingerprint density at radius 1 is 1.21 bits per heavy atom. The van der Waals surface area contributed by atoms with Crippen molar-refractivity contribution in [2.75, 3.05) is 0 Å². The molecule has 0 aliphatic rings. The summed E-state index contributed by atoms with van der Waals surface area (Å²) < 4.78 is 18.7. The van der Waals surface area contributed by atoms with Crippen LogP contribution in [0.3, 0.4) is 0 Å². The standard InChI is InChI=1S/C14H12FNO3/c1-10(11-3-2-4-12(15)9-11)19-14-7-5-13(6-8-14)16(17)18/h2-10H,1H3/t10-/m1/s1. The summed E-state index contributed by atoms with van der Waals surface area (Å²) in [5.74, 6) is 0.180. The molecule has 5 heteroatoms. The average molecular weight is 261 g/mol. The van der Waals surface area contributed by atoms with Gasteiger partial charge in [0.1, 0.15) is 17.7 Å². The third-order valence-corrected chi connectivity index (χ3v) is 2.68. The van der Waals surface area contributed by atoms with Crippen LogP contribution in [0.15, 0.2) is 48.5 Å². The first kappa shape index (κ1) is 13.0. The summed E-state index contributed by atoms with van der Waals surface area (Å²) in [5, 5.41) is 10.5. The molecule has 0 spiro atoms. The van der Waals surface area contributed by atoms with E-state index in [0.29, 0.717) is 11.3 Å². The molecule has 0 N–H and O–H groups in total. The Morgan fingerprint density at radius 3 is 2.47 bits per heavy atom. The summed E-state index contributed by atoms with van der Waals surface area (Å²) in [5.41, 5.74) is 0.712. The zero-order chi connectivity index (χ0) is 13.8. The van der Waals surface area contributed by atoms with E-state index >= 15 is 0 Å². The molecule has 0 amide bonds. The smallest absolute Gasteiger partial charge is 0.269 e. The maximum Gasteiger partial charge on any atom is 0.269 e. The Bertz CT molecular complexity index is 583. The molecule has 0 radical (unpaired) electrons. The van der Waals surface area contributed by atoms with Gasteiger partial charge in [-0.3, -0.25) is 10.1 Å². The molecule has 2 aromatic rings. The third-order valence-electron chi connectivity index (χ3n) is 2.68. The number of benzene rings is 2. The van der Waals surface area contributed by atoms with Gasteiger partial charge in [0.25, 0.3) is 5.69 Å². The van der Waals surface area contributed by atoms with E-state index in [4.69, 9.17) is 4.74 Å². The zero-order valence-electron chi connectivity index (χ0n) is 10.2. The van der Waals surface area contributed by atoms with E-state index in [9.17, 15) is 14.5 Å². The summed E-state index contributed by atoms with van der Waals surface area (Å²) >= 11 is 0. The largest absolute Gasteiger partial charge is 0.486 e. The van der Waals surface area contributed by atoms with Gasteiger partial charge in [-0.25, -0.2) is 4.39 Å². The fourth-order valence-corrected chi connectivity index (χ4v) is 1.68. The molecule has 0 aliphatic carbocycles. The Labute approximate surface area is 109 Å². The van der Waals surface area contributed by atoms with E-state index in [0.717, 1.165) is 0 Å². The lowest BCUT2D eigenvalue weighted by Crippen LogP contribution is -2.03. The van der Waals surface area contributed by atoms with Gasteiger partial charge in [0.15, 0.2) is 0 Å². The van der Waals surface area contributed by atoms with Crippen molar-refractivity contribution in [3.8, 4) is 5.75 Å². The van der Waals surface area contributed by atoms with E-state index in [2.05, 4.69) is 0 Å². The van der Waals surface area contributed by atoms with Gasteiger partial charge in [0.2, 0.25) is 0 Å². The molecule has 0 unspecified atom stereocenters. The third kappa shape index (κ3) is 3.28. The van der Waals surface area contributed by atoms with Crippen LogP contribution in [0.25, 0.3) is 0 Å². The molecule has 0 saturated carbocycles. The first-order valence-corrected chi connectivity index (χ1v) is 5.73. The predicted molar refractivity (Wildman–Crippen MR) is 68.5 cm³/mol. The fraction of sp³-hybridized carbons (Fsp3) is 0.143. The van der Waals surface area contributed by atoms with E-state index in [1.165, 1.54) is 36.4 Å². The molecule has 0 bridgehead atoms. The van der Waals surface area contributed by atoms with Crippen LogP contribution in [-0.2, 0) is 0 Å². The highest BCUT2D eigenvalue weighted by atomic mass is 19.1. The summed E-state index contributed by atoms with van der Waals surface area (Å²) in [6.07, 6.45) is -0.336. The number of non-ortho nitro benzene ring substituents is 1. The Morgan fingerprint density at radius 2 is 1.89 bits per heavy atom. The van der Waals surface area contributed by atoms with Crippen molar-refractivity contribution in [1.82, 2.24) is 0 Å². The normalized spacial score (nSPS) is 11.9. The highest BCUT2D eigenvalue weighted by Gasteiger charge is 2.10. The van der Waals surface area contributed by atoms with Gasteiger partial charge in [-0.05, 0) is 36.8 Å². The highest BCUT2D eigenvalue weighted by molar-refractivity contribution is 5.36. The minimum absolute atomic E-state index is 0.00533. The average Bonchev–Trinajstić information content (AvgIpc) is 2.39. The van der Waals surface area contributed by atoms with Crippen LogP contribution < -0.4 is 4.74 Å². The maximum atomic E-state index is 13.1. The monoisotopic (exact) mass is 261 g/mol. The van der Waals surface area contributed by atoms with Gasteiger partial charge in [-0.15, -0.1) is 0 Å². The SMILES string of the molecule is C[C@@H](Oc1ccc([N+](=O)[O-])cc1)c1cccc(F)c1. The number of nitro benzene ring substituents is 1. The van der Waals surface area contributed by atoms with Crippen molar-refractivity contribution in [3.63, 3.8) is 0 Å². The molecule has 0 heterocycles. The van der Waals surface area contributed by atoms with Crippen LogP contribution in [0.4, 0.5) is 10.1 Å². The molecule has 19 heavy (non-hydrogen) atoms. The zero-order valence-corrected chi connectivity index (χ0v) is 10.2. The Balaban J connectivity index is 2.10. The quantitative estimate of drug-likeness (QED) is 0.620. The van der Waals surface area contributed by atoms with E-state index in [-0.39, 0.29) is 17.6 Å². The molecule has 98 valence electrons. The second kappa shape index (κ2) is 5.48. The summed E-state index contributed by atoms with van der Waals surface area (Å²) in [7, 11) is 0. The number of hydrogen-bond donors (Lipinski definition) is 0. The minimum Gasteiger partial charge on any atom is -0.486 e. The van der Waals surface area contributed by atoms with Crippen molar-refractivity contribution in [2.24, 2.45) is 0 Å². The van der Waals surface area contributed by atoms with Gasteiger partial charge in [0, 0.05) is 12.1 Å². The molecular weight excluding hydrogens is 249 g/mol. The molecule has 2 rings (SSSR count).